The van der Waals surface area contributed by atoms with Crippen molar-refractivity contribution in [3.05, 3.63) is 34.9 Å². The van der Waals surface area contributed by atoms with Crippen molar-refractivity contribution >= 4 is 23.3 Å². The van der Waals surface area contributed by atoms with E-state index >= 15 is 0 Å². The molecule has 1 aliphatic rings. The quantitative estimate of drug-likeness (QED) is 0.617. The van der Waals surface area contributed by atoms with Gasteiger partial charge in [-0.3, -0.25) is 0 Å². The second-order valence-electron chi connectivity index (χ2n) is 5.71. The lowest BCUT2D eigenvalue weighted by Gasteiger charge is -2.11. The number of hydrogen-bond donors (Lipinski definition) is 0. The van der Waals surface area contributed by atoms with E-state index in [0.29, 0.717) is 17.5 Å². The number of tetrazole rings is 1. The van der Waals surface area contributed by atoms with Gasteiger partial charge in [0.15, 0.2) is 0 Å². The Kier molecular flexibility index (Phi) is 4.76. The van der Waals surface area contributed by atoms with Crippen LogP contribution >= 0.6 is 11.6 Å². The monoisotopic (exact) mass is 333 g/mol. The molecule has 0 amide bonds. The molecule has 1 aromatic heterocycles. The molecule has 1 aromatic carbocycles. The third-order valence-electron chi connectivity index (χ3n) is 3.62. The van der Waals surface area contributed by atoms with Crippen molar-refractivity contribution in [1.29, 1.82) is 0 Å². The van der Waals surface area contributed by atoms with Gasteiger partial charge in [-0.2, -0.15) is 9.90 Å². The van der Waals surface area contributed by atoms with Gasteiger partial charge in [0.05, 0.1) is 5.71 Å². The number of hydrazone groups is 1. The molecule has 2 heterocycles. The first-order valence-corrected chi connectivity index (χ1v) is 8.03. The van der Waals surface area contributed by atoms with Gasteiger partial charge in [0.25, 0.3) is 5.95 Å². The van der Waals surface area contributed by atoms with E-state index in [0.717, 1.165) is 24.4 Å². The molecule has 122 valence electrons. The minimum absolute atomic E-state index is 0.459. The van der Waals surface area contributed by atoms with Gasteiger partial charge < -0.3 is 9.91 Å². The van der Waals surface area contributed by atoms with Gasteiger partial charge in [0, 0.05) is 32.2 Å². The minimum Gasteiger partial charge on any atom is -0.338 e. The largest absolute Gasteiger partial charge is 0.338 e. The predicted octanol–water partition coefficient (Wildman–Crippen LogP) is 1.89. The van der Waals surface area contributed by atoms with Gasteiger partial charge in [-0.15, -0.1) is 5.10 Å². The van der Waals surface area contributed by atoms with Crippen LogP contribution in [0.1, 0.15) is 18.4 Å². The first kappa shape index (κ1) is 15.7. The highest BCUT2D eigenvalue weighted by molar-refractivity contribution is 6.30. The van der Waals surface area contributed by atoms with Gasteiger partial charge in [-0.25, -0.2) is 0 Å². The van der Waals surface area contributed by atoms with Crippen LogP contribution in [0.4, 0.5) is 5.95 Å². The third kappa shape index (κ3) is 3.98. The Hall–Kier alpha value is -2.15. The topological polar surface area (TPSA) is 62.4 Å². The summed E-state index contributed by atoms with van der Waals surface area (Å²) in [7, 11) is 3.78. The van der Waals surface area contributed by atoms with Crippen LogP contribution in [0.5, 0.6) is 0 Å². The molecular formula is C15H20ClN7. The van der Waals surface area contributed by atoms with Gasteiger partial charge in [0.2, 0.25) is 0 Å². The van der Waals surface area contributed by atoms with Crippen molar-refractivity contribution in [2.75, 3.05) is 32.1 Å². The highest BCUT2D eigenvalue weighted by atomic mass is 35.5. The maximum atomic E-state index is 5.96. The van der Waals surface area contributed by atoms with Crippen LogP contribution in [0.15, 0.2) is 29.4 Å². The van der Waals surface area contributed by atoms with E-state index in [2.05, 4.69) is 25.4 Å². The van der Waals surface area contributed by atoms with Crippen molar-refractivity contribution in [3.63, 3.8) is 0 Å². The number of rotatable bonds is 5. The summed E-state index contributed by atoms with van der Waals surface area (Å²) in [6.45, 7) is 2.46. The SMILES string of the molecule is CN(C)N=C(Cn1nnc(N2CCCC2)n1)c1ccc(Cl)cc1. The summed E-state index contributed by atoms with van der Waals surface area (Å²) in [5.74, 6) is 0.697. The van der Waals surface area contributed by atoms with Crippen LogP contribution in [0.2, 0.25) is 5.02 Å². The van der Waals surface area contributed by atoms with E-state index in [-0.39, 0.29) is 0 Å². The predicted molar refractivity (Wildman–Crippen MR) is 90.9 cm³/mol. The molecule has 0 unspecified atom stereocenters. The lowest BCUT2D eigenvalue weighted by atomic mass is 10.1. The highest BCUT2D eigenvalue weighted by Crippen LogP contribution is 2.15. The molecule has 8 heteroatoms. The maximum Gasteiger partial charge on any atom is 0.266 e. The molecule has 0 radical (unpaired) electrons. The van der Waals surface area contributed by atoms with Crippen molar-refractivity contribution in [2.24, 2.45) is 5.10 Å². The summed E-state index contributed by atoms with van der Waals surface area (Å²) >= 11 is 5.96. The van der Waals surface area contributed by atoms with Crippen LogP contribution in [0.25, 0.3) is 0 Å². The van der Waals surface area contributed by atoms with E-state index in [9.17, 15) is 0 Å². The fourth-order valence-corrected chi connectivity index (χ4v) is 2.67. The lowest BCUT2D eigenvalue weighted by molar-refractivity contribution is 0.433. The summed E-state index contributed by atoms with van der Waals surface area (Å²) in [5.41, 5.74) is 1.85. The average Bonchev–Trinajstić information content (AvgIpc) is 3.17. The normalized spacial score (nSPS) is 15.3. The van der Waals surface area contributed by atoms with Crippen molar-refractivity contribution in [1.82, 2.24) is 25.2 Å². The molecule has 0 saturated carbocycles. The number of anilines is 1. The van der Waals surface area contributed by atoms with Gasteiger partial charge in [0.1, 0.15) is 6.54 Å². The molecule has 7 nitrogen and oxygen atoms in total. The molecule has 0 aliphatic carbocycles. The van der Waals surface area contributed by atoms with Crippen molar-refractivity contribution < 1.29 is 0 Å². The second kappa shape index (κ2) is 6.95. The van der Waals surface area contributed by atoms with Crippen molar-refractivity contribution in [3.8, 4) is 0 Å². The number of halogens is 1. The number of benzene rings is 1. The molecule has 0 atom stereocenters. The Morgan fingerprint density at radius 1 is 1.22 bits per heavy atom. The molecule has 0 N–H and O–H groups in total. The van der Waals surface area contributed by atoms with E-state index in [4.69, 9.17) is 11.6 Å². The fourth-order valence-electron chi connectivity index (χ4n) is 2.54. The second-order valence-corrected chi connectivity index (χ2v) is 6.15. The van der Waals surface area contributed by atoms with Crippen LogP contribution in [-0.2, 0) is 6.54 Å². The smallest absolute Gasteiger partial charge is 0.266 e. The summed E-state index contributed by atoms with van der Waals surface area (Å²) in [5, 5.41) is 19.8. The first-order chi connectivity index (χ1) is 11.1. The van der Waals surface area contributed by atoms with Gasteiger partial charge >= 0.3 is 0 Å². The zero-order valence-electron chi connectivity index (χ0n) is 13.4. The number of nitrogens with zero attached hydrogens (tertiary/aromatic N) is 7. The van der Waals surface area contributed by atoms with Gasteiger partial charge in [-0.1, -0.05) is 28.8 Å². The summed E-state index contributed by atoms with van der Waals surface area (Å²) in [6.07, 6.45) is 2.37. The van der Waals surface area contributed by atoms with E-state index in [1.54, 1.807) is 9.81 Å². The molecule has 3 rings (SSSR count). The molecule has 0 spiro atoms. The molecule has 1 aliphatic heterocycles. The standard InChI is InChI=1S/C15H20ClN7/c1-21(2)18-14(12-5-7-13(16)8-6-12)11-23-19-15(17-20-23)22-9-3-4-10-22/h5-8H,3-4,9-11H2,1-2H3. The Bertz CT molecular complexity index is 671. The molecule has 23 heavy (non-hydrogen) atoms. The lowest BCUT2D eigenvalue weighted by Crippen LogP contribution is -2.20. The van der Waals surface area contributed by atoms with E-state index in [1.165, 1.54) is 12.8 Å². The minimum atomic E-state index is 0.459. The fraction of sp³-hybridized carbons (Fsp3) is 0.467. The molecule has 1 fully saturated rings. The summed E-state index contributed by atoms with van der Waals surface area (Å²) in [4.78, 5) is 3.75. The number of hydrogen-bond acceptors (Lipinski definition) is 6. The molecule has 0 bridgehead atoms. The molecule has 1 saturated heterocycles. The maximum absolute atomic E-state index is 5.96. The average molecular weight is 334 g/mol. The zero-order valence-corrected chi connectivity index (χ0v) is 14.1. The van der Waals surface area contributed by atoms with Gasteiger partial charge in [-0.05, 0) is 35.8 Å². The Morgan fingerprint density at radius 2 is 1.91 bits per heavy atom. The van der Waals surface area contributed by atoms with Crippen LogP contribution in [-0.4, -0.2) is 58.1 Å². The Labute approximate surface area is 140 Å². The van der Waals surface area contributed by atoms with Crippen LogP contribution in [0.3, 0.4) is 0 Å². The summed E-state index contributed by atoms with van der Waals surface area (Å²) < 4.78 is 0. The molecule has 2 aromatic rings. The summed E-state index contributed by atoms with van der Waals surface area (Å²) in [6, 6.07) is 7.60. The van der Waals surface area contributed by atoms with E-state index < -0.39 is 0 Å². The Balaban J connectivity index is 1.80. The van der Waals surface area contributed by atoms with E-state index in [1.807, 2.05) is 38.4 Å². The van der Waals surface area contributed by atoms with Crippen LogP contribution in [0, 0.1) is 0 Å². The third-order valence-corrected chi connectivity index (χ3v) is 3.87. The first-order valence-electron chi connectivity index (χ1n) is 7.65. The van der Waals surface area contributed by atoms with Crippen LogP contribution < -0.4 is 4.90 Å². The van der Waals surface area contributed by atoms with Crippen molar-refractivity contribution in [2.45, 2.75) is 19.4 Å². The highest BCUT2D eigenvalue weighted by Gasteiger charge is 2.17. The molecular weight excluding hydrogens is 314 g/mol. The zero-order chi connectivity index (χ0) is 16.2. The Morgan fingerprint density at radius 3 is 2.57 bits per heavy atom. The number of aromatic nitrogens is 4.